The van der Waals surface area contributed by atoms with Crippen LogP contribution in [0.3, 0.4) is 0 Å². The number of benzene rings is 2. The maximum Gasteiger partial charge on any atom is 0.258 e. The van der Waals surface area contributed by atoms with Crippen LogP contribution in [0.4, 0.5) is 0 Å². The van der Waals surface area contributed by atoms with Crippen LogP contribution in [0.15, 0.2) is 48.7 Å². The molecule has 2 aromatic heterocycles. The van der Waals surface area contributed by atoms with Gasteiger partial charge in [-0.25, -0.2) is 4.98 Å². The highest BCUT2D eigenvalue weighted by Gasteiger charge is 2.37. The van der Waals surface area contributed by atoms with E-state index in [2.05, 4.69) is 6.92 Å². The van der Waals surface area contributed by atoms with Crippen molar-refractivity contribution in [3.63, 3.8) is 0 Å². The van der Waals surface area contributed by atoms with E-state index in [1.54, 1.807) is 14.2 Å². The molecule has 1 aliphatic rings. The number of nitrogens with two attached hydrogens (primary N) is 1. The maximum absolute atomic E-state index is 12.0. The van der Waals surface area contributed by atoms with E-state index < -0.39 is 12.0 Å². The Kier molecular flexibility index (Phi) is 6.63. The zero-order chi connectivity index (χ0) is 25.2. The molecule has 2 aromatic carbocycles. The molecule has 7 heteroatoms. The molecule has 0 bridgehead atoms. The Bertz CT molecular complexity index is 1430. The summed E-state index contributed by atoms with van der Waals surface area (Å²) in [6.07, 6.45) is 5.68. The van der Waals surface area contributed by atoms with Crippen molar-refractivity contribution in [3.8, 4) is 17.2 Å². The van der Waals surface area contributed by atoms with Crippen molar-refractivity contribution < 1.29 is 19.0 Å². The van der Waals surface area contributed by atoms with E-state index in [1.165, 1.54) is 0 Å². The second-order valence-electron chi connectivity index (χ2n) is 9.32. The average molecular weight is 486 g/mol. The van der Waals surface area contributed by atoms with Crippen molar-refractivity contribution >= 4 is 27.6 Å². The number of carbonyl (C=O) groups is 1. The normalized spacial score (nSPS) is 14.1. The van der Waals surface area contributed by atoms with E-state index in [0.29, 0.717) is 23.7 Å². The van der Waals surface area contributed by atoms with Gasteiger partial charge in [-0.15, -0.1) is 0 Å². The highest BCUT2D eigenvalue weighted by atomic mass is 16.5. The lowest BCUT2D eigenvalue weighted by Gasteiger charge is -2.17. The molecule has 0 radical (unpaired) electrons. The molecule has 1 fully saturated rings. The predicted molar refractivity (Wildman–Crippen MR) is 140 cm³/mol. The van der Waals surface area contributed by atoms with Gasteiger partial charge in [-0.3, -0.25) is 9.78 Å². The van der Waals surface area contributed by atoms with E-state index in [9.17, 15) is 4.79 Å². The molecule has 186 valence electrons. The van der Waals surface area contributed by atoms with Crippen molar-refractivity contribution in [2.45, 2.75) is 45.1 Å². The number of fused-ring (bicyclic) bond motifs is 2. The van der Waals surface area contributed by atoms with Gasteiger partial charge in [0.1, 0.15) is 11.3 Å². The quantitative estimate of drug-likeness (QED) is 0.340. The number of ether oxygens (including phenoxy) is 3. The standard InChI is InChI=1S/C29H31N3O4/c1-4-6-23-22-15-26(35-3)25(34-2)14-21(22)19(16-31-23)13-20-12-11-17-7-5-8-24(27(17)32-20)36-28(29(30)33)18-9-10-18/h5,7-8,11-12,14-16,18,28H,4,6,9-10,13H2,1-3H3,(H2,30,33). The van der Waals surface area contributed by atoms with Gasteiger partial charge in [-0.2, -0.15) is 0 Å². The number of rotatable bonds is 10. The predicted octanol–water partition coefficient (Wildman–Crippen LogP) is 4.99. The first-order valence-electron chi connectivity index (χ1n) is 12.4. The van der Waals surface area contributed by atoms with Crippen LogP contribution < -0.4 is 19.9 Å². The van der Waals surface area contributed by atoms with Crippen molar-refractivity contribution in [1.82, 2.24) is 9.97 Å². The fraction of sp³-hybridized carbons (Fsp3) is 0.345. The number of para-hydroxylation sites is 1. The van der Waals surface area contributed by atoms with Gasteiger partial charge in [0.25, 0.3) is 5.91 Å². The zero-order valence-corrected chi connectivity index (χ0v) is 20.9. The molecular formula is C29H31N3O4. The fourth-order valence-corrected chi connectivity index (χ4v) is 4.73. The summed E-state index contributed by atoms with van der Waals surface area (Å²) < 4.78 is 17.2. The van der Waals surface area contributed by atoms with Crippen molar-refractivity contribution in [1.29, 1.82) is 0 Å². The van der Waals surface area contributed by atoms with Crippen LogP contribution in [0, 0.1) is 5.92 Å². The van der Waals surface area contributed by atoms with Crippen LogP contribution in [-0.4, -0.2) is 36.2 Å². The van der Waals surface area contributed by atoms with Gasteiger partial charge in [0.15, 0.2) is 17.6 Å². The van der Waals surface area contributed by atoms with Crippen LogP contribution >= 0.6 is 0 Å². The van der Waals surface area contributed by atoms with Gasteiger partial charge in [0.05, 0.1) is 14.2 Å². The van der Waals surface area contributed by atoms with Crippen molar-refractivity contribution in [3.05, 3.63) is 65.6 Å². The molecule has 36 heavy (non-hydrogen) atoms. The van der Waals surface area contributed by atoms with Crippen molar-refractivity contribution in [2.75, 3.05) is 14.2 Å². The maximum atomic E-state index is 12.0. The number of methoxy groups -OCH3 is 2. The van der Waals surface area contributed by atoms with Gasteiger partial charge in [0, 0.05) is 40.7 Å². The van der Waals surface area contributed by atoms with Crippen LogP contribution in [-0.2, 0) is 17.6 Å². The van der Waals surface area contributed by atoms with Gasteiger partial charge in [0.2, 0.25) is 0 Å². The Morgan fingerprint density at radius 3 is 2.47 bits per heavy atom. The molecule has 4 aromatic rings. The number of amides is 1. The summed E-state index contributed by atoms with van der Waals surface area (Å²) in [7, 11) is 3.29. The Morgan fingerprint density at radius 2 is 1.81 bits per heavy atom. The second kappa shape index (κ2) is 10.0. The third-order valence-corrected chi connectivity index (χ3v) is 6.74. The van der Waals surface area contributed by atoms with Crippen LogP contribution in [0.1, 0.15) is 43.1 Å². The Hall–Kier alpha value is -3.87. The molecule has 0 spiro atoms. The Labute approximate surface area is 210 Å². The number of aromatic nitrogens is 2. The van der Waals surface area contributed by atoms with Gasteiger partial charge >= 0.3 is 0 Å². The first kappa shape index (κ1) is 23.9. The number of pyridine rings is 2. The van der Waals surface area contributed by atoms with E-state index in [-0.39, 0.29) is 5.92 Å². The lowest BCUT2D eigenvalue weighted by Crippen LogP contribution is -2.35. The Morgan fingerprint density at radius 1 is 1.06 bits per heavy atom. The van der Waals surface area contributed by atoms with Crippen LogP contribution in [0.5, 0.6) is 17.2 Å². The molecule has 0 saturated heterocycles. The molecule has 1 aliphatic carbocycles. The minimum atomic E-state index is -0.622. The van der Waals surface area contributed by atoms with E-state index in [4.69, 9.17) is 29.9 Å². The fourth-order valence-electron chi connectivity index (χ4n) is 4.73. The van der Waals surface area contributed by atoms with Gasteiger partial charge in [-0.1, -0.05) is 31.5 Å². The summed E-state index contributed by atoms with van der Waals surface area (Å²) >= 11 is 0. The SMILES string of the molecule is CCCc1ncc(Cc2ccc3cccc(OC(C(N)=O)C4CC4)c3n2)c2cc(OC)c(OC)cc12. The zero-order valence-electron chi connectivity index (χ0n) is 20.9. The van der Waals surface area contributed by atoms with Crippen LogP contribution in [0.25, 0.3) is 21.7 Å². The first-order valence-corrected chi connectivity index (χ1v) is 12.4. The first-order chi connectivity index (χ1) is 17.5. The van der Waals surface area contributed by atoms with E-state index in [1.807, 2.05) is 48.7 Å². The van der Waals surface area contributed by atoms with Crippen molar-refractivity contribution in [2.24, 2.45) is 11.7 Å². The lowest BCUT2D eigenvalue weighted by atomic mass is 9.99. The second-order valence-corrected chi connectivity index (χ2v) is 9.32. The number of nitrogens with zero attached hydrogens (tertiary/aromatic N) is 2. The third kappa shape index (κ3) is 4.65. The molecule has 5 rings (SSSR count). The minimum absolute atomic E-state index is 0.187. The van der Waals surface area contributed by atoms with E-state index >= 15 is 0 Å². The number of primary amides is 1. The molecule has 1 unspecified atom stereocenters. The van der Waals surface area contributed by atoms with E-state index in [0.717, 1.165) is 64.3 Å². The molecule has 7 nitrogen and oxygen atoms in total. The summed E-state index contributed by atoms with van der Waals surface area (Å²) in [5.41, 5.74) is 9.31. The largest absolute Gasteiger partial charge is 0.493 e. The molecule has 2 heterocycles. The number of hydrogen-bond donors (Lipinski definition) is 1. The summed E-state index contributed by atoms with van der Waals surface area (Å²) in [4.78, 5) is 21.7. The topological polar surface area (TPSA) is 96.6 Å². The molecule has 2 N–H and O–H groups in total. The third-order valence-electron chi connectivity index (χ3n) is 6.74. The summed E-state index contributed by atoms with van der Waals surface area (Å²) in [5, 5.41) is 3.08. The number of carbonyl (C=O) groups excluding carboxylic acids is 1. The summed E-state index contributed by atoms with van der Waals surface area (Å²) in [5.74, 6) is 1.70. The minimum Gasteiger partial charge on any atom is -0.493 e. The highest BCUT2D eigenvalue weighted by molar-refractivity contribution is 5.91. The Balaban J connectivity index is 1.55. The molecule has 1 amide bonds. The number of hydrogen-bond acceptors (Lipinski definition) is 6. The number of aryl methyl sites for hydroxylation is 1. The monoisotopic (exact) mass is 485 g/mol. The van der Waals surface area contributed by atoms with Crippen LogP contribution in [0.2, 0.25) is 0 Å². The van der Waals surface area contributed by atoms with Gasteiger partial charge in [-0.05, 0) is 54.5 Å². The molecule has 1 atom stereocenters. The highest BCUT2D eigenvalue weighted by Crippen LogP contribution is 2.37. The smallest absolute Gasteiger partial charge is 0.258 e. The summed E-state index contributed by atoms with van der Waals surface area (Å²) in [6, 6.07) is 13.8. The van der Waals surface area contributed by atoms with Gasteiger partial charge < -0.3 is 19.9 Å². The molecular weight excluding hydrogens is 454 g/mol. The molecule has 1 saturated carbocycles. The molecule has 0 aliphatic heterocycles. The lowest BCUT2D eigenvalue weighted by molar-refractivity contribution is -0.125. The summed E-state index contributed by atoms with van der Waals surface area (Å²) in [6.45, 7) is 2.15. The average Bonchev–Trinajstić information content (AvgIpc) is 3.73.